The van der Waals surface area contributed by atoms with Crippen LogP contribution in [-0.4, -0.2) is 55.7 Å². The first-order valence-electron chi connectivity index (χ1n) is 7.13. The third-order valence-corrected chi connectivity index (χ3v) is 4.52. The Bertz CT molecular complexity index is 283. The van der Waals surface area contributed by atoms with Crippen LogP contribution in [0.25, 0.3) is 0 Å². The second kappa shape index (κ2) is 6.13. The van der Waals surface area contributed by atoms with E-state index in [1.165, 1.54) is 0 Å². The average Bonchev–Trinajstić information content (AvgIpc) is 2.47. The van der Waals surface area contributed by atoms with Gasteiger partial charge in [-0.3, -0.25) is 9.69 Å². The van der Waals surface area contributed by atoms with E-state index < -0.39 is 0 Å². The van der Waals surface area contributed by atoms with Crippen molar-refractivity contribution in [2.24, 2.45) is 5.92 Å². The highest BCUT2D eigenvalue weighted by Crippen LogP contribution is 2.29. The number of morpholine rings is 1. The van der Waals surface area contributed by atoms with Gasteiger partial charge >= 0.3 is 0 Å². The van der Waals surface area contributed by atoms with Crippen LogP contribution >= 0.6 is 0 Å². The minimum atomic E-state index is -0.314. The van der Waals surface area contributed by atoms with E-state index in [1.54, 1.807) is 0 Å². The van der Waals surface area contributed by atoms with Gasteiger partial charge in [-0.1, -0.05) is 6.92 Å². The molecular weight excluding hydrogens is 230 g/mol. The molecule has 2 saturated heterocycles. The molecule has 0 aliphatic carbocycles. The molecule has 0 spiro atoms. The summed E-state index contributed by atoms with van der Waals surface area (Å²) in [7, 11) is 0. The SMILES string of the molecule is CCC(C)(C(=O)C1CCOCC1)N1CCOCC1. The zero-order valence-corrected chi connectivity index (χ0v) is 11.6. The Morgan fingerprint density at radius 3 is 2.28 bits per heavy atom. The number of carbonyl (C=O) groups excluding carboxylic acids is 1. The first kappa shape index (κ1) is 14.0. The molecule has 2 aliphatic heterocycles. The van der Waals surface area contributed by atoms with Crippen LogP contribution in [0.1, 0.15) is 33.1 Å². The molecule has 0 aromatic rings. The van der Waals surface area contributed by atoms with Crippen molar-refractivity contribution in [3.8, 4) is 0 Å². The summed E-state index contributed by atoms with van der Waals surface area (Å²) in [6, 6.07) is 0. The molecule has 1 atom stereocenters. The average molecular weight is 255 g/mol. The summed E-state index contributed by atoms with van der Waals surface area (Å²) < 4.78 is 10.7. The first-order valence-corrected chi connectivity index (χ1v) is 7.13. The van der Waals surface area contributed by atoms with Gasteiger partial charge in [-0.25, -0.2) is 0 Å². The fourth-order valence-electron chi connectivity index (χ4n) is 3.01. The summed E-state index contributed by atoms with van der Waals surface area (Å²) in [5.74, 6) is 0.599. The molecule has 0 aromatic heterocycles. The van der Waals surface area contributed by atoms with Crippen LogP contribution in [-0.2, 0) is 14.3 Å². The van der Waals surface area contributed by atoms with Crippen molar-refractivity contribution < 1.29 is 14.3 Å². The Balaban J connectivity index is 2.06. The fraction of sp³-hybridized carbons (Fsp3) is 0.929. The lowest BCUT2D eigenvalue weighted by atomic mass is 9.80. The van der Waals surface area contributed by atoms with Crippen LogP contribution in [0.2, 0.25) is 0 Å². The molecule has 1 unspecified atom stereocenters. The van der Waals surface area contributed by atoms with E-state index in [2.05, 4.69) is 18.7 Å². The quantitative estimate of drug-likeness (QED) is 0.763. The van der Waals surface area contributed by atoms with E-state index >= 15 is 0 Å². The van der Waals surface area contributed by atoms with Crippen LogP contribution in [0.4, 0.5) is 0 Å². The topological polar surface area (TPSA) is 38.8 Å². The van der Waals surface area contributed by atoms with Crippen molar-refractivity contribution in [3.05, 3.63) is 0 Å². The Labute approximate surface area is 110 Å². The molecule has 0 radical (unpaired) electrons. The Morgan fingerprint density at radius 1 is 1.17 bits per heavy atom. The lowest BCUT2D eigenvalue weighted by Gasteiger charge is -2.43. The predicted molar refractivity (Wildman–Crippen MR) is 69.6 cm³/mol. The number of carbonyl (C=O) groups is 1. The molecule has 4 nitrogen and oxygen atoms in total. The second-order valence-corrected chi connectivity index (χ2v) is 5.48. The largest absolute Gasteiger partial charge is 0.381 e. The third-order valence-electron chi connectivity index (χ3n) is 4.52. The standard InChI is InChI=1S/C14H25NO3/c1-3-14(2,15-6-10-18-11-7-15)13(16)12-4-8-17-9-5-12/h12H,3-11H2,1-2H3. The molecule has 4 heteroatoms. The maximum atomic E-state index is 12.8. The maximum Gasteiger partial charge on any atom is 0.156 e. The zero-order chi connectivity index (χ0) is 13.0. The van der Waals surface area contributed by atoms with Gasteiger partial charge < -0.3 is 9.47 Å². The highest BCUT2D eigenvalue weighted by molar-refractivity contribution is 5.90. The van der Waals surface area contributed by atoms with Crippen LogP contribution < -0.4 is 0 Å². The van der Waals surface area contributed by atoms with E-state index in [0.29, 0.717) is 5.78 Å². The Kier molecular flexibility index (Phi) is 4.76. The van der Waals surface area contributed by atoms with Crippen molar-refractivity contribution >= 4 is 5.78 Å². The van der Waals surface area contributed by atoms with E-state index in [0.717, 1.165) is 58.8 Å². The molecule has 2 aliphatic rings. The van der Waals surface area contributed by atoms with Gasteiger partial charge in [-0.15, -0.1) is 0 Å². The minimum Gasteiger partial charge on any atom is -0.381 e. The lowest BCUT2D eigenvalue weighted by molar-refractivity contribution is -0.140. The monoisotopic (exact) mass is 255 g/mol. The number of ketones is 1. The van der Waals surface area contributed by atoms with E-state index in [1.807, 2.05) is 0 Å². The van der Waals surface area contributed by atoms with Crippen LogP contribution in [0.5, 0.6) is 0 Å². The number of hydrogen-bond acceptors (Lipinski definition) is 4. The number of Topliss-reactive ketones (excluding diaryl/α,β-unsaturated/α-hetero) is 1. The molecule has 0 aromatic carbocycles. The van der Waals surface area contributed by atoms with Crippen LogP contribution in [0.15, 0.2) is 0 Å². The molecule has 2 rings (SSSR count). The lowest BCUT2D eigenvalue weighted by Crippen LogP contribution is -2.58. The Hall–Kier alpha value is -0.450. The summed E-state index contributed by atoms with van der Waals surface area (Å²) in [4.78, 5) is 15.1. The van der Waals surface area contributed by atoms with Gasteiger partial charge in [0.05, 0.1) is 18.8 Å². The summed E-state index contributed by atoms with van der Waals surface area (Å²) >= 11 is 0. The summed E-state index contributed by atoms with van der Waals surface area (Å²) in [6.07, 6.45) is 2.65. The summed E-state index contributed by atoms with van der Waals surface area (Å²) in [6.45, 7) is 8.94. The molecule has 0 N–H and O–H groups in total. The molecule has 104 valence electrons. The van der Waals surface area contributed by atoms with E-state index in [9.17, 15) is 4.79 Å². The van der Waals surface area contributed by atoms with Gasteiger partial charge in [0, 0.05) is 32.2 Å². The molecular formula is C14H25NO3. The van der Waals surface area contributed by atoms with Crippen LogP contribution in [0.3, 0.4) is 0 Å². The maximum absolute atomic E-state index is 12.8. The molecule has 0 amide bonds. The minimum absolute atomic E-state index is 0.187. The fourth-order valence-corrected chi connectivity index (χ4v) is 3.01. The highest BCUT2D eigenvalue weighted by atomic mass is 16.5. The smallest absolute Gasteiger partial charge is 0.156 e. The summed E-state index contributed by atoms with van der Waals surface area (Å²) in [5, 5.41) is 0. The van der Waals surface area contributed by atoms with Crippen molar-refractivity contribution in [1.82, 2.24) is 4.90 Å². The van der Waals surface area contributed by atoms with Crippen molar-refractivity contribution in [3.63, 3.8) is 0 Å². The molecule has 0 saturated carbocycles. The van der Waals surface area contributed by atoms with E-state index in [4.69, 9.17) is 9.47 Å². The van der Waals surface area contributed by atoms with Gasteiger partial charge in [0.2, 0.25) is 0 Å². The number of rotatable bonds is 4. The van der Waals surface area contributed by atoms with Gasteiger partial charge in [0.25, 0.3) is 0 Å². The zero-order valence-electron chi connectivity index (χ0n) is 11.6. The molecule has 2 heterocycles. The predicted octanol–water partition coefficient (Wildman–Crippen LogP) is 1.48. The number of ether oxygens (including phenoxy) is 2. The highest BCUT2D eigenvalue weighted by Gasteiger charge is 2.41. The van der Waals surface area contributed by atoms with Gasteiger partial charge in [0.15, 0.2) is 5.78 Å². The van der Waals surface area contributed by atoms with E-state index in [-0.39, 0.29) is 11.5 Å². The number of hydrogen-bond donors (Lipinski definition) is 0. The van der Waals surface area contributed by atoms with Crippen molar-refractivity contribution in [2.75, 3.05) is 39.5 Å². The second-order valence-electron chi connectivity index (χ2n) is 5.48. The van der Waals surface area contributed by atoms with Crippen molar-refractivity contribution in [2.45, 2.75) is 38.6 Å². The summed E-state index contributed by atoms with van der Waals surface area (Å²) in [5.41, 5.74) is -0.314. The van der Waals surface area contributed by atoms with Gasteiger partial charge in [-0.05, 0) is 26.2 Å². The van der Waals surface area contributed by atoms with Gasteiger partial charge in [0.1, 0.15) is 0 Å². The van der Waals surface area contributed by atoms with Crippen molar-refractivity contribution in [1.29, 1.82) is 0 Å². The van der Waals surface area contributed by atoms with Gasteiger partial charge in [-0.2, -0.15) is 0 Å². The third kappa shape index (κ3) is 2.76. The van der Waals surface area contributed by atoms with Crippen LogP contribution in [0, 0.1) is 5.92 Å². The molecule has 0 bridgehead atoms. The molecule has 18 heavy (non-hydrogen) atoms. The molecule has 2 fully saturated rings. The number of nitrogens with zero attached hydrogens (tertiary/aromatic N) is 1. The first-order chi connectivity index (χ1) is 8.68. The normalized spacial score (nSPS) is 26.8. The Morgan fingerprint density at radius 2 is 1.72 bits per heavy atom.